The standard InChI is InChI=1S/C28H35FN8O2/c1-37-12-9-28(10-13-37,27-33-25(35-36-27)23-7-11-30-17-31-23)34-20-4-2-3-18(15-20)26(38)32-22-8-14-39-24-16-19(29)5-6-21(22)24/h2-6,15-16,22-23,30-31,34H,7-14,17H2,1H3,(H,32,38)(H,33,35,36)/t22-,23?/m1/s1. The first kappa shape index (κ1) is 25.7. The van der Waals surface area contributed by atoms with Crippen LogP contribution in [-0.2, 0) is 5.54 Å². The molecular formula is C28H35FN8O2. The number of carbonyl (C=O) groups is 1. The predicted molar refractivity (Wildman–Crippen MR) is 145 cm³/mol. The van der Waals surface area contributed by atoms with Crippen molar-refractivity contribution in [1.29, 1.82) is 0 Å². The van der Waals surface area contributed by atoms with Gasteiger partial charge in [0.2, 0.25) is 0 Å². The molecule has 2 atom stereocenters. The van der Waals surface area contributed by atoms with Crippen molar-refractivity contribution in [2.24, 2.45) is 0 Å². The summed E-state index contributed by atoms with van der Waals surface area (Å²) in [6.45, 7) is 3.93. The number of amides is 1. The van der Waals surface area contributed by atoms with Crippen molar-refractivity contribution in [1.82, 2.24) is 36.0 Å². The van der Waals surface area contributed by atoms with Gasteiger partial charge in [-0.05, 0) is 57.1 Å². The highest BCUT2D eigenvalue weighted by Crippen LogP contribution is 2.36. The number of aromatic amines is 1. The van der Waals surface area contributed by atoms with Crippen LogP contribution >= 0.6 is 0 Å². The maximum atomic E-state index is 13.7. The number of aromatic nitrogens is 3. The molecule has 3 aromatic rings. The van der Waals surface area contributed by atoms with Gasteiger partial charge in [0, 0.05) is 49.1 Å². The van der Waals surface area contributed by atoms with Gasteiger partial charge in [-0.1, -0.05) is 12.1 Å². The van der Waals surface area contributed by atoms with E-state index in [1.807, 2.05) is 18.2 Å². The molecule has 0 radical (unpaired) electrons. The molecule has 2 aromatic carbocycles. The molecule has 39 heavy (non-hydrogen) atoms. The van der Waals surface area contributed by atoms with Gasteiger partial charge in [0.15, 0.2) is 5.82 Å². The first-order valence-corrected chi connectivity index (χ1v) is 13.7. The van der Waals surface area contributed by atoms with E-state index in [-0.39, 0.29) is 23.8 Å². The minimum atomic E-state index is -0.451. The highest BCUT2D eigenvalue weighted by atomic mass is 19.1. The summed E-state index contributed by atoms with van der Waals surface area (Å²) in [5.41, 5.74) is 1.73. The van der Waals surface area contributed by atoms with E-state index in [4.69, 9.17) is 9.72 Å². The minimum absolute atomic E-state index is 0.148. The molecule has 0 saturated carbocycles. The molecule has 3 aliphatic rings. The topological polar surface area (TPSA) is 119 Å². The second kappa shape index (κ2) is 10.9. The van der Waals surface area contributed by atoms with Gasteiger partial charge < -0.3 is 25.6 Å². The minimum Gasteiger partial charge on any atom is -0.493 e. The summed E-state index contributed by atoms with van der Waals surface area (Å²) in [7, 11) is 2.13. The lowest BCUT2D eigenvalue weighted by Gasteiger charge is -2.40. The summed E-state index contributed by atoms with van der Waals surface area (Å²) in [5.74, 6) is 1.56. The lowest BCUT2D eigenvalue weighted by atomic mass is 9.86. The number of rotatable bonds is 6. The Hall–Kier alpha value is -3.54. The number of nitrogens with zero attached hydrogens (tertiary/aromatic N) is 3. The third kappa shape index (κ3) is 5.47. The first-order chi connectivity index (χ1) is 19.0. The molecule has 1 aromatic heterocycles. The fourth-order valence-corrected chi connectivity index (χ4v) is 5.68. The molecule has 2 fully saturated rings. The number of ether oxygens (including phenoxy) is 1. The summed E-state index contributed by atoms with van der Waals surface area (Å²) in [4.78, 5) is 20.6. The Balaban J connectivity index is 1.21. The number of hydrogen-bond donors (Lipinski definition) is 5. The molecule has 1 amide bonds. The van der Waals surface area contributed by atoms with Crippen LogP contribution in [0, 0.1) is 5.82 Å². The van der Waals surface area contributed by atoms with Crippen LogP contribution < -0.4 is 26.0 Å². The predicted octanol–water partition coefficient (Wildman–Crippen LogP) is 2.81. The number of likely N-dealkylation sites (tertiary alicyclic amines) is 1. The highest BCUT2D eigenvalue weighted by Gasteiger charge is 2.40. The molecule has 11 heteroatoms. The smallest absolute Gasteiger partial charge is 0.251 e. The fourth-order valence-electron chi connectivity index (χ4n) is 5.68. The molecule has 2 saturated heterocycles. The van der Waals surface area contributed by atoms with Crippen LogP contribution in [0.25, 0.3) is 0 Å². The largest absolute Gasteiger partial charge is 0.493 e. The Morgan fingerprint density at radius 2 is 2.05 bits per heavy atom. The molecule has 1 unspecified atom stereocenters. The van der Waals surface area contributed by atoms with Crippen molar-refractivity contribution in [2.45, 2.75) is 43.3 Å². The number of halogens is 1. The zero-order valence-electron chi connectivity index (χ0n) is 22.1. The van der Waals surface area contributed by atoms with Gasteiger partial charge in [-0.15, -0.1) is 0 Å². The Morgan fingerprint density at radius 3 is 2.87 bits per heavy atom. The van der Waals surface area contributed by atoms with Crippen molar-refractivity contribution in [3.8, 4) is 5.75 Å². The number of anilines is 1. The van der Waals surface area contributed by atoms with Crippen molar-refractivity contribution < 1.29 is 13.9 Å². The molecule has 0 aliphatic carbocycles. The average molecular weight is 535 g/mol. The van der Waals surface area contributed by atoms with Gasteiger partial charge in [-0.2, -0.15) is 5.10 Å². The number of benzene rings is 2. The molecule has 10 nitrogen and oxygen atoms in total. The van der Waals surface area contributed by atoms with Gasteiger partial charge >= 0.3 is 0 Å². The normalized spacial score (nSPS) is 22.9. The van der Waals surface area contributed by atoms with Gasteiger partial charge in [0.25, 0.3) is 5.91 Å². The molecule has 6 rings (SSSR count). The molecule has 0 bridgehead atoms. The molecule has 206 valence electrons. The number of H-pyrrole nitrogens is 1. The number of fused-ring (bicyclic) bond motifs is 1. The van der Waals surface area contributed by atoms with Crippen LogP contribution in [0.15, 0.2) is 42.5 Å². The van der Waals surface area contributed by atoms with E-state index in [0.29, 0.717) is 24.3 Å². The Morgan fingerprint density at radius 1 is 1.18 bits per heavy atom. The van der Waals surface area contributed by atoms with Crippen LogP contribution in [-0.4, -0.2) is 65.9 Å². The Kier molecular flexibility index (Phi) is 7.20. The zero-order chi connectivity index (χ0) is 26.8. The van der Waals surface area contributed by atoms with Crippen LogP contribution in [0.3, 0.4) is 0 Å². The van der Waals surface area contributed by atoms with E-state index in [0.717, 1.165) is 68.5 Å². The van der Waals surface area contributed by atoms with E-state index in [9.17, 15) is 9.18 Å². The fraction of sp³-hybridized carbons (Fsp3) is 0.464. The summed E-state index contributed by atoms with van der Waals surface area (Å²) < 4.78 is 19.3. The monoisotopic (exact) mass is 534 g/mol. The number of carbonyl (C=O) groups excluding carboxylic acids is 1. The number of hydrogen-bond acceptors (Lipinski definition) is 8. The summed E-state index contributed by atoms with van der Waals surface area (Å²) in [6.07, 6.45) is 3.25. The third-order valence-electron chi connectivity index (χ3n) is 8.01. The van der Waals surface area contributed by atoms with E-state index in [2.05, 4.69) is 43.4 Å². The summed E-state index contributed by atoms with van der Waals surface area (Å²) in [6, 6.07) is 11.9. The maximum absolute atomic E-state index is 13.7. The lowest BCUT2D eigenvalue weighted by Crippen LogP contribution is -2.46. The molecular weight excluding hydrogens is 499 g/mol. The average Bonchev–Trinajstić information content (AvgIpc) is 3.46. The second-order valence-corrected chi connectivity index (χ2v) is 10.7. The van der Waals surface area contributed by atoms with Crippen LogP contribution in [0.2, 0.25) is 0 Å². The van der Waals surface area contributed by atoms with Crippen molar-refractivity contribution in [3.05, 3.63) is 71.1 Å². The van der Waals surface area contributed by atoms with Crippen molar-refractivity contribution >= 4 is 11.6 Å². The van der Waals surface area contributed by atoms with Crippen molar-refractivity contribution in [3.63, 3.8) is 0 Å². The number of piperidine rings is 1. The second-order valence-electron chi connectivity index (χ2n) is 10.7. The third-order valence-corrected chi connectivity index (χ3v) is 8.01. The Bertz CT molecular complexity index is 1320. The van der Waals surface area contributed by atoms with Crippen LogP contribution in [0.4, 0.5) is 10.1 Å². The van der Waals surface area contributed by atoms with Gasteiger partial charge in [-0.3, -0.25) is 15.2 Å². The SMILES string of the molecule is CN1CCC(Nc2cccc(C(=O)N[C@@H]3CCOc4cc(F)ccc43)c2)(c2n[nH]c(C3CCNCN3)n2)CC1. The summed E-state index contributed by atoms with van der Waals surface area (Å²) >= 11 is 0. The molecule has 4 heterocycles. The molecule has 3 aliphatic heterocycles. The van der Waals surface area contributed by atoms with E-state index in [1.54, 1.807) is 12.1 Å². The molecule has 5 N–H and O–H groups in total. The highest BCUT2D eigenvalue weighted by molar-refractivity contribution is 5.95. The van der Waals surface area contributed by atoms with E-state index >= 15 is 0 Å². The van der Waals surface area contributed by atoms with Crippen molar-refractivity contribution in [2.75, 3.05) is 45.3 Å². The van der Waals surface area contributed by atoms with Gasteiger partial charge in [0.05, 0.1) is 18.7 Å². The Labute approximate surface area is 227 Å². The summed E-state index contributed by atoms with van der Waals surface area (Å²) in [5, 5.41) is 21.4. The number of nitrogens with one attached hydrogen (secondary N) is 5. The van der Waals surface area contributed by atoms with Crippen LogP contribution in [0.1, 0.15) is 65.3 Å². The van der Waals surface area contributed by atoms with E-state index < -0.39 is 5.54 Å². The van der Waals surface area contributed by atoms with Crippen LogP contribution in [0.5, 0.6) is 5.75 Å². The lowest BCUT2D eigenvalue weighted by molar-refractivity contribution is 0.0924. The quantitative estimate of drug-likeness (QED) is 0.328. The van der Waals surface area contributed by atoms with E-state index in [1.165, 1.54) is 12.1 Å². The first-order valence-electron chi connectivity index (χ1n) is 13.7. The van der Waals surface area contributed by atoms with Gasteiger partial charge in [-0.25, -0.2) is 9.37 Å². The van der Waals surface area contributed by atoms with Gasteiger partial charge in [0.1, 0.15) is 22.9 Å². The maximum Gasteiger partial charge on any atom is 0.251 e. The zero-order valence-corrected chi connectivity index (χ0v) is 22.1. The molecule has 0 spiro atoms.